The summed E-state index contributed by atoms with van der Waals surface area (Å²) in [5.74, 6) is 0. The smallest absolute Gasteiger partial charge is 0.284 e. The van der Waals surface area contributed by atoms with Crippen LogP contribution in [0, 0.1) is 17.0 Å². The number of nitro groups is 1. The Kier molecular flexibility index (Phi) is 4.34. The average molecular weight is 341 g/mol. The zero-order chi connectivity index (χ0) is 17.1. The van der Waals surface area contributed by atoms with Gasteiger partial charge in [0.2, 0.25) is 5.16 Å². The van der Waals surface area contributed by atoms with Crippen molar-refractivity contribution in [2.45, 2.75) is 17.0 Å². The summed E-state index contributed by atoms with van der Waals surface area (Å²) in [7, 11) is 0. The Labute approximate surface area is 140 Å². The van der Waals surface area contributed by atoms with E-state index in [2.05, 4.69) is 15.5 Å². The molecule has 0 aliphatic rings. The Morgan fingerprint density at radius 2 is 1.96 bits per heavy atom. The molecule has 0 atom stereocenters. The van der Waals surface area contributed by atoms with Gasteiger partial charge in [-0.1, -0.05) is 23.8 Å². The molecule has 3 aromatic rings. The normalized spacial score (nSPS) is 10.5. The molecule has 0 spiro atoms. The van der Waals surface area contributed by atoms with Crippen molar-refractivity contribution in [3.63, 3.8) is 0 Å². The third-order valence-corrected chi connectivity index (χ3v) is 4.24. The van der Waals surface area contributed by atoms with Gasteiger partial charge in [-0.2, -0.15) is 4.68 Å². The van der Waals surface area contributed by atoms with Crippen LogP contribution in [0.3, 0.4) is 0 Å². The van der Waals surface area contributed by atoms with E-state index in [1.54, 1.807) is 0 Å². The van der Waals surface area contributed by atoms with Gasteiger partial charge in [0.05, 0.1) is 15.5 Å². The maximum Gasteiger partial charge on any atom is 0.284 e. The molecule has 3 rings (SSSR count). The highest BCUT2D eigenvalue weighted by Gasteiger charge is 2.19. The lowest BCUT2D eigenvalue weighted by atomic mass is 10.2. The van der Waals surface area contributed by atoms with Crippen LogP contribution in [0.4, 0.5) is 5.69 Å². The molecule has 0 bridgehead atoms. The predicted octanol–water partition coefficient (Wildman–Crippen LogP) is 2.84. The minimum absolute atomic E-state index is 0.164. The van der Waals surface area contributed by atoms with Crippen LogP contribution in [0.25, 0.3) is 5.69 Å². The molecule has 0 radical (unpaired) electrons. The zero-order valence-corrected chi connectivity index (χ0v) is 13.3. The number of nitrogens with zero attached hydrogens (tertiary/aromatic N) is 5. The van der Waals surface area contributed by atoms with Crippen LogP contribution < -0.4 is 0 Å². The van der Waals surface area contributed by atoms with Crippen molar-refractivity contribution < 1.29 is 9.72 Å². The number of nitro benzene ring substituents is 1. The van der Waals surface area contributed by atoms with Crippen LogP contribution in [-0.4, -0.2) is 31.4 Å². The fourth-order valence-corrected chi connectivity index (χ4v) is 2.90. The van der Waals surface area contributed by atoms with E-state index in [0.717, 1.165) is 23.0 Å². The van der Waals surface area contributed by atoms with E-state index in [4.69, 9.17) is 0 Å². The number of aryl methyl sites for hydroxylation is 1. The maximum atomic E-state index is 11.2. The van der Waals surface area contributed by atoms with E-state index in [-0.39, 0.29) is 11.3 Å². The molecule has 0 unspecified atom stereocenters. The van der Waals surface area contributed by atoms with Crippen molar-refractivity contribution >= 4 is 23.7 Å². The van der Waals surface area contributed by atoms with E-state index >= 15 is 0 Å². The Balaban J connectivity index is 1.98. The molecule has 1 heterocycles. The number of hydrogen-bond donors (Lipinski definition) is 0. The third kappa shape index (κ3) is 3.15. The maximum absolute atomic E-state index is 11.2. The molecular weight excluding hydrogens is 330 g/mol. The van der Waals surface area contributed by atoms with Crippen molar-refractivity contribution in [3.8, 4) is 5.69 Å². The Morgan fingerprint density at radius 1 is 1.21 bits per heavy atom. The van der Waals surface area contributed by atoms with Crippen molar-refractivity contribution in [2.24, 2.45) is 0 Å². The fourth-order valence-electron chi connectivity index (χ4n) is 2.03. The van der Waals surface area contributed by atoms with Gasteiger partial charge in [0, 0.05) is 11.6 Å². The first kappa shape index (κ1) is 15.8. The third-order valence-electron chi connectivity index (χ3n) is 3.24. The monoisotopic (exact) mass is 341 g/mol. The van der Waals surface area contributed by atoms with Gasteiger partial charge in [-0.3, -0.25) is 14.9 Å². The SMILES string of the molecule is Cc1ccc(-n2nnnc2Sc2ccc(C=O)cc2[N+](=O)[O-])cc1. The molecule has 0 amide bonds. The number of carbonyl (C=O) groups is 1. The quantitative estimate of drug-likeness (QED) is 0.399. The summed E-state index contributed by atoms with van der Waals surface area (Å²) in [4.78, 5) is 21.9. The summed E-state index contributed by atoms with van der Waals surface area (Å²) in [6, 6.07) is 11.8. The lowest BCUT2D eigenvalue weighted by molar-refractivity contribution is -0.387. The molecule has 24 heavy (non-hydrogen) atoms. The van der Waals surface area contributed by atoms with Crippen molar-refractivity contribution in [1.29, 1.82) is 0 Å². The van der Waals surface area contributed by atoms with E-state index in [1.807, 2.05) is 31.2 Å². The summed E-state index contributed by atoms with van der Waals surface area (Å²) in [5.41, 5.74) is 1.92. The van der Waals surface area contributed by atoms with Gasteiger partial charge in [-0.15, -0.1) is 5.10 Å². The highest BCUT2D eigenvalue weighted by molar-refractivity contribution is 7.99. The summed E-state index contributed by atoms with van der Waals surface area (Å²) in [5, 5.41) is 23.1. The number of aldehydes is 1. The second kappa shape index (κ2) is 6.59. The first-order valence-corrected chi connectivity index (χ1v) is 7.67. The van der Waals surface area contributed by atoms with Gasteiger partial charge in [0.15, 0.2) is 0 Å². The van der Waals surface area contributed by atoms with Crippen LogP contribution in [0.15, 0.2) is 52.5 Å². The Morgan fingerprint density at radius 3 is 2.62 bits per heavy atom. The van der Waals surface area contributed by atoms with E-state index in [0.29, 0.717) is 16.3 Å². The fraction of sp³-hybridized carbons (Fsp3) is 0.0667. The van der Waals surface area contributed by atoms with Crippen LogP contribution in [0.2, 0.25) is 0 Å². The molecule has 0 aliphatic heterocycles. The van der Waals surface area contributed by atoms with Crippen LogP contribution in [-0.2, 0) is 0 Å². The van der Waals surface area contributed by atoms with Gasteiger partial charge < -0.3 is 0 Å². The highest BCUT2D eigenvalue weighted by Crippen LogP contribution is 2.34. The molecule has 8 nitrogen and oxygen atoms in total. The molecule has 1 aromatic heterocycles. The number of aromatic nitrogens is 4. The first-order valence-electron chi connectivity index (χ1n) is 6.85. The van der Waals surface area contributed by atoms with Gasteiger partial charge in [0.1, 0.15) is 6.29 Å². The van der Waals surface area contributed by atoms with Crippen molar-refractivity contribution in [3.05, 3.63) is 63.7 Å². The molecule has 120 valence electrons. The van der Waals surface area contributed by atoms with Gasteiger partial charge in [-0.25, -0.2) is 0 Å². The van der Waals surface area contributed by atoms with Crippen LogP contribution in [0.1, 0.15) is 15.9 Å². The lowest BCUT2D eigenvalue weighted by Crippen LogP contribution is -1.99. The Hall–Kier alpha value is -3.07. The molecule has 0 saturated heterocycles. The molecule has 2 aromatic carbocycles. The molecule has 0 saturated carbocycles. The summed E-state index contributed by atoms with van der Waals surface area (Å²) >= 11 is 1.06. The van der Waals surface area contributed by atoms with E-state index in [1.165, 1.54) is 22.9 Å². The molecule has 9 heteroatoms. The standard InChI is InChI=1S/C15H11N5O3S/c1-10-2-5-12(6-3-10)19-15(16-17-18-19)24-14-7-4-11(9-21)8-13(14)20(22)23/h2-9H,1H3. The van der Waals surface area contributed by atoms with E-state index < -0.39 is 4.92 Å². The summed E-state index contributed by atoms with van der Waals surface area (Å²) < 4.78 is 1.50. The number of rotatable bonds is 5. The predicted molar refractivity (Wildman–Crippen MR) is 86.5 cm³/mol. The minimum atomic E-state index is -0.532. The van der Waals surface area contributed by atoms with Gasteiger partial charge in [-0.05, 0) is 47.3 Å². The van der Waals surface area contributed by atoms with Gasteiger partial charge >= 0.3 is 0 Å². The number of hydrogen-bond acceptors (Lipinski definition) is 7. The summed E-state index contributed by atoms with van der Waals surface area (Å²) in [6.45, 7) is 1.97. The number of benzene rings is 2. The number of tetrazole rings is 1. The molecule has 0 N–H and O–H groups in total. The van der Waals surface area contributed by atoms with Crippen molar-refractivity contribution in [2.75, 3.05) is 0 Å². The first-order chi connectivity index (χ1) is 11.6. The minimum Gasteiger partial charge on any atom is -0.298 e. The van der Waals surface area contributed by atoms with Gasteiger partial charge in [0.25, 0.3) is 5.69 Å². The van der Waals surface area contributed by atoms with E-state index in [9.17, 15) is 14.9 Å². The Bertz CT molecular complexity index is 908. The highest BCUT2D eigenvalue weighted by atomic mass is 32.2. The second-order valence-corrected chi connectivity index (χ2v) is 5.92. The van der Waals surface area contributed by atoms with Crippen LogP contribution in [0.5, 0.6) is 0 Å². The average Bonchev–Trinajstić information content (AvgIpc) is 3.04. The topological polar surface area (TPSA) is 104 Å². The number of carbonyl (C=O) groups excluding carboxylic acids is 1. The lowest BCUT2D eigenvalue weighted by Gasteiger charge is -2.05. The summed E-state index contributed by atoms with van der Waals surface area (Å²) in [6.07, 6.45) is 0.567. The van der Waals surface area contributed by atoms with Crippen LogP contribution >= 0.6 is 11.8 Å². The second-order valence-electron chi connectivity index (χ2n) is 4.91. The molecule has 0 aliphatic carbocycles. The molecular formula is C15H11N5O3S. The largest absolute Gasteiger partial charge is 0.298 e. The zero-order valence-electron chi connectivity index (χ0n) is 12.5. The van der Waals surface area contributed by atoms with Crippen molar-refractivity contribution in [1.82, 2.24) is 20.2 Å². The molecule has 0 fully saturated rings.